The first kappa shape index (κ1) is 61.9. The maximum absolute atomic E-state index is 13.9. The number of ether oxygens (including phenoxy) is 7. The number of thiazole rings is 1. The van der Waals surface area contributed by atoms with Crippen molar-refractivity contribution in [2.75, 3.05) is 85.0 Å². The molecule has 2 fully saturated rings. The minimum Gasteiger partial charge on any atom is -0.484 e. The van der Waals surface area contributed by atoms with Crippen molar-refractivity contribution < 1.29 is 72.8 Å². The molecule has 5 aromatic rings. The SMILES string of the molecule is Cc1ncsc1-c1ccc(CNC(=O)[C@@H]2C[C@@H](O)CN2C(=O)[C@@H](NC(=O)CCOCCOCCOCCOCCOCCCC(=O)COc2cc([C@@H](O)[C@H]3O[C@@H](n4ccc5c(N)ncnc54)[C@H](O)[C@@H]3O)ccc2Cl)C(C)(C)C)cc1. The Bertz CT molecular complexity index is 2820. The van der Waals surface area contributed by atoms with Gasteiger partial charge in [0.15, 0.2) is 12.0 Å². The molecule has 3 amide bonds. The molecule has 0 radical (unpaired) electrons. The predicted octanol–water partition coefficient (Wildman–Crippen LogP) is 3.46. The van der Waals surface area contributed by atoms with Gasteiger partial charge < -0.3 is 79.4 Å². The number of nitrogens with two attached hydrogens (primary N) is 1. The van der Waals surface area contributed by atoms with Crippen LogP contribution in [0.25, 0.3) is 21.5 Å². The molecule has 0 spiro atoms. The van der Waals surface area contributed by atoms with Crippen LogP contribution in [0.4, 0.5) is 5.82 Å². The molecule has 7 rings (SSSR count). The first-order valence-corrected chi connectivity index (χ1v) is 27.8. The number of anilines is 1. The predicted molar refractivity (Wildman–Crippen MR) is 294 cm³/mol. The number of carbonyl (C=O) groups excluding carboxylic acids is 4. The molecule has 2 aromatic carbocycles. The number of likely N-dealkylation sites (tertiary alicyclic amines) is 1. The third-order valence-corrected chi connectivity index (χ3v) is 14.8. The van der Waals surface area contributed by atoms with Crippen molar-refractivity contribution in [3.05, 3.63) is 88.4 Å². The Labute approximate surface area is 473 Å². The number of halogens is 1. The van der Waals surface area contributed by atoms with E-state index in [0.717, 1.165) is 21.7 Å². The van der Waals surface area contributed by atoms with Crippen LogP contribution in [0.5, 0.6) is 5.75 Å². The number of aromatic nitrogens is 4. The molecule has 2 saturated heterocycles. The van der Waals surface area contributed by atoms with Crippen LogP contribution in [0.3, 0.4) is 0 Å². The standard InChI is InChI=1S/C55H73ClN8O15S/c1-33-48(80-32-61-33)35-9-7-34(8-10-35)28-58-52(71)41-27-38(66)29-64(41)53(72)49(55(2,3)4)62-43(67)14-17-74-19-21-76-23-25-77-24-22-75-20-18-73-16-5-6-37(65)30-78-42-26-36(11-12-40(42)56)44(68)47-45(69)46(70)54(79-47)63-15-13-39-50(57)59-31-60-51(39)63/h7-13,15,26,31-32,38,41,44-47,49,54,66,68-70H,5-6,14,16-25,27-30H2,1-4H3,(H,58,71)(H,62,67)(H2,57,59,60)/t38-,41+,44-,45+,46-,47-,49-,54-/m1/s1. The van der Waals surface area contributed by atoms with Gasteiger partial charge in [0.25, 0.3) is 0 Å². The molecule has 2 aliphatic heterocycles. The van der Waals surface area contributed by atoms with E-state index in [4.69, 9.17) is 50.5 Å². The average molecular weight is 1150 g/mol. The van der Waals surface area contributed by atoms with E-state index in [-0.39, 0.29) is 98.5 Å². The molecule has 0 saturated carbocycles. The number of nitrogen functional groups attached to an aromatic ring is 1. The van der Waals surface area contributed by atoms with Gasteiger partial charge in [-0.3, -0.25) is 19.2 Å². The molecule has 23 nitrogen and oxygen atoms in total. The Hall–Kier alpha value is -5.74. The second-order valence-electron chi connectivity index (χ2n) is 20.5. The summed E-state index contributed by atoms with van der Waals surface area (Å²) in [6.07, 6.45) is -3.83. The van der Waals surface area contributed by atoms with E-state index < -0.39 is 60.2 Å². The van der Waals surface area contributed by atoms with Gasteiger partial charge in [0.05, 0.1) is 92.1 Å². The highest BCUT2D eigenvalue weighted by molar-refractivity contribution is 7.13. The molecule has 3 aromatic heterocycles. The summed E-state index contributed by atoms with van der Waals surface area (Å²) in [5, 5.41) is 50.0. The van der Waals surface area contributed by atoms with Crippen LogP contribution in [-0.4, -0.2) is 184 Å². The highest BCUT2D eigenvalue weighted by Crippen LogP contribution is 2.39. The fourth-order valence-corrected chi connectivity index (χ4v) is 10.1. The summed E-state index contributed by atoms with van der Waals surface area (Å²) in [7, 11) is 0. The van der Waals surface area contributed by atoms with Gasteiger partial charge in [-0.15, -0.1) is 11.3 Å². The van der Waals surface area contributed by atoms with Crippen molar-refractivity contribution in [2.24, 2.45) is 5.41 Å². The van der Waals surface area contributed by atoms with E-state index in [2.05, 4.69) is 25.6 Å². The topological polar surface area (TPSA) is 311 Å². The van der Waals surface area contributed by atoms with E-state index in [9.17, 15) is 39.6 Å². The maximum Gasteiger partial charge on any atom is 0.246 e. The summed E-state index contributed by atoms with van der Waals surface area (Å²) < 4.78 is 41.0. The molecule has 5 heterocycles. The fourth-order valence-electron chi connectivity index (χ4n) is 9.14. The third-order valence-electron chi connectivity index (χ3n) is 13.5. The number of hydrogen-bond acceptors (Lipinski definition) is 20. The number of benzene rings is 2. The molecular weight excluding hydrogens is 1080 g/mol. The van der Waals surface area contributed by atoms with Crippen LogP contribution in [-0.2, 0) is 54.1 Å². The summed E-state index contributed by atoms with van der Waals surface area (Å²) in [6, 6.07) is 12.1. The normalized spacial score (nSPS) is 20.0. The van der Waals surface area contributed by atoms with Crippen LogP contribution in [0, 0.1) is 12.3 Å². The monoisotopic (exact) mass is 1150 g/mol. The van der Waals surface area contributed by atoms with Gasteiger partial charge in [-0.25, -0.2) is 15.0 Å². The number of Topliss-reactive ketones (excluding diaryl/α,β-unsaturated/α-hetero) is 1. The lowest BCUT2D eigenvalue weighted by Gasteiger charge is -2.35. The van der Waals surface area contributed by atoms with Crippen molar-refractivity contribution in [1.82, 2.24) is 35.1 Å². The van der Waals surface area contributed by atoms with Crippen LogP contribution < -0.4 is 21.1 Å². The number of carbonyl (C=O) groups is 4. The Morgan fingerprint density at radius 3 is 2.17 bits per heavy atom. The van der Waals surface area contributed by atoms with E-state index in [0.29, 0.717) is 63.7 Å². The molecular formula is C55H73ClN8O15S. The lowest BCUT2D eigenvalue weighted by atomic mass is 9.85. The summed E-state index contributed by atoms with van der Waals surface area (Å²) >= 11 is 7.91. The number of ketones is 1. The zero-order valence-corrected chi connectivity index (χ0v) is 46.9. The number of rotatable bonds is 31. The third kappa shape index (κ3) is 16.9. The van der Waals surface area contributed by atoms with Crippen LogP contribution in [0.15, 0.2) is 66.6 Å². The number of fused-ring (bicyclic) bond motifs is 1. The number of nitrogens with one attached hydrogen (secondary N) is 2. The van der Waals surface area contributed by atoms with Crippen molar-refractivity contribution in [1.29, 1.82) is 0 Å². The van der Waals surface area contributed by atoms with E-state index in [1.807, 2.05) is 52.0 Å². The molecule has 80 heavy (non-hydrogen) atoms. The molecule has 0 unspecified atom stereocenters. The minimum atomic E-state index is -1.46. The molecule has 8 N–H and O–H groups in total. The van der Waals surface area contributed by atoms with E-state index in [1.165, 1.54) is 34.0 Å². The van der Waals surface area contributed by atoms with Crippen molar-refractivity contribution in [2.45, 2.75) is 109 Å². The summed E-state index contributed by atoms with van der Waals surface area (Å²) in [5.74, 6) is -1.00. The number of amides is 3. The number of β-amino-alcohol motifs (C(OH)–C–C–N with tert-alkyl or cyclic N) is 1. The van der Waals surface area contributed by atoms with Gasteiger partial charge in [0.1, 0.15) is 66.6 Å². The molecule has 25 heteroatoms. The minimum absolute atomic E-state index is 0.00337. The van der Waals surface area contributed by atoms with Crippen LogP contribution in [0.2, 0.25) is 5.02 Å². The van der Waals surface area contributed by atoms with Gasteiger partial charge >= 0.3 is 0 Å². The zero-order chi connectivity index (χ0) is 57.3. The molecule has 2 aliphatic rings. The second kappa shape index (κ2) is 29.8. The first-order valence-electron chi connectivity index (χ1n) is 26.6. The van der Waals surface area contributed by atoms with Gasteiger partial charge in [-0.2, -0.15) is 0 Å². The number of aryl methyl sites for hydroxylation is 1. The van der Waals surface area contributed by atoms with Crippen LogP contribution in [0.1, 0.15) is 75.6 Å². The van der Waals surface area contributed by atoms with Crippen molar-refractivity contribution >= 4 is 63.3 Å². The molecule has 436 valence electrons. The van der Waals surface area contributed by atoms with Crippen molar-refractivity contribution in [3.63, 3.8) is 0 Å². The highest BCUT2D eigenvalue weighted by Gasteiger charge is 2.48. The number of nitrogens with zero attached hydrogens (tertiary/aromatic N) is 5. The fraction of sp³-hybridized carbons (Fsp3) is 0.545. The zero-order valence-electron chi connectivity index (χ0n) is 45.4. The van der Waals surface area contributed by atoms with Gasteiger partial charge in [0.2, 0.25) is 17.7 Å². The highest BCUT2D eigenvalue weighted by atomic mass is 35.5. The maximum atomic E-state index is 13.9. The Kier molecular flexibility index (Phi) is 23.1. The van der Waals surface area contributed by atoms with Gasteiger partial charge in [-0.1, -0.05) is 62.7 Å². The molecule has 0 aliphatic carbocycles. The summed E-state index contributed by atoms with van der Waals surface area (Å²) in [6.45, 7) is 10.4. The van der Waals surface area contributed by atoms with E-state index in [1.54, 1.807) is 29.1 Å². The second-order valence-corrected chi connectivity index (χ2v) is 21.8. The lowest BCUT2D eigenvalue weighted by molar-refractivity contribution is -0.144. The van der Waals surface area contributed by atoms with Gasteiger partial charge in [0, 0.05) is 45.2 Å². The smallest absolute Gasteiger partial charge is 0.246 e. The van der Waals surface area contributed by atoms with Crippen molar-refractivity contribution in [3.8, 4) is 16.2 Å². The Morgan fingerprint density at radius 2 is 1.52 bits per heavy atom. The number of hydrogen-bond donors (Lipinski definition) is 7. The number of aliphatic hydroxyl groups excluding tert-OH is 4. The summed E-state index contributed by atoms with van der Waals surface area (Å²) in [5.41, 5.74) is 10.6. The van der Waals surface area contributed by atoms with E-state index >= 15 is 0 Å². The number of aliphatic hydroxyl groups is 4. The summed E-state index contributed by atoms with van der Waals surface area (Å²) in [4.78, 5) is 67.9. The molecule has 0 bridgehead atoms. The first-order chi connectivity index (χ1) is 38.4. The quantitative estimate of drug-likeness (QED) is 0.0313. The largest absolute Gasteiger partial charge is 0.484 e. The van der Waals surface area contributed by atoms with Crippen LogP contribution >= 0.6 is 22.9 Å². The Balaban J connectivity index is 0.675. The average Bonchev–Trinajstić information content (AvgIpc) is 4.29. The molecule has 8 atom stereocenters. The van der Waals surface area contributed by atoms with Gasteiger partial charge in [-0.05, 0) is 53.6 Å². The lowest BCUT2D eigenvalue weighted by Crippen LogP contribution is -2.57. The Morgan fingerprint density at radius 1 is 0.863 bits per heavy atom.